The SMILES string of the molecule is c1ccc(-c2n[nH]c(C3CC4CCCCC4N3)n2)cc1. The number of benzene rings is 1. The van der Waals surface area contributed by atoms with Crippen LogP contribution < -0.4 is 5.32 Å². The number of hydrogen-bond donors (Lipinski definition) is 2. The van der Waals surface area contributed by atoms with E-state index in [0.29, 0.717) is 12.1 Å². The maximum atomic E-state index is 4.69. The van der Waals surface area contributed by atoms with Crippen LogP contribution in [-0.4, -0.2) is 21.2 Å². The minimum absolute atomic E-state index is 0.355. The first kappa shape index (κ1) is 12.1. The van der Waals surface area contributed by atoms with Crippen molar-refractivity contribution in [3.63, 3.8) is 0 Å². The van der Waals surface area contributed by atoms with Gasteiger partial charge in [0.2, 0.25) is 0 Å². The summed E-state index contributed by atoms with van der Waals surface area (Å²) in [5.41, 5.74) is 1.07. The fraction of sp³-hybridized carbons (Fsp3) is 0.500. The summed E-state index contributed by atoms with van der Waals surface area (Å²) in [4.78, 5) is 4.69. The number of fused-ring (bicyclic) bond motifs is 1. The molecule has 20 heavy (non-hydrogen) atoms. The molecule has 3 atom stereocenters. The molecule has 4 heteroatoms. The van der Waals surface area contributed by atoms with Crippen molar-refractivity contribution in [3.8, 4) is 11.4 Å². The van der Waals surface area contributed by atoms with Crippen LogP contribution in [0.3, 0.4) is 0 Å². The molecule has 104 valence electrons. The third kappa shape index (κ3) is 2.14. The fourth-order valence-electron chi connectivity index (χ4n) is 3.68. The molecule has 1 aromatic heterocycles. The Bertz CT molecular complexity index is 563. The highest BCUT2D eigenvalue weighted by molar-refractivity contribution is 5.53. The van der Waals surface area contributed by atoms with Crippen molar-refractivity contribution in [2.45, 2.75) is 44.2 Å². The second-order valence-electron chi connectivity index (χ2n) is 6.02. The predicted octanol–water partition coefficient (Wildman–Crippen LogP) is 3.06. The van der Waals surface area contributed by atoms with Gasteiger partial charge in [-0.25, -0.2) is 4.98 Å². The van der Waals surface area contributed by atoms with E-state index in [0.717, 1.165) is 23.1 Å². The highest BCUT2D eigenvalue weighted by Crippen LogP contribution is 2.38. The maximum absolute atomic E-state index is 4.69. The molecule has 2 aliphatic rings. The number of aromatic nitrogens is 3. The summed E-state index contributed by atoms with van der Waals surface area (Å²) in [5.74, 6) is 2.63. The van der Waals surface area contributed by atoms with E-state index < -0.39 is 0 Å². The molecule has 2 N–H and O–H groups in total. The van der Waals surface area contributed by atoms with Gasteiger partial charge in [0.05, 0.1) is 6.04 Å². The van der Waals surface area contributed by atoms with E-state index in [1.54, 1.807) is 0 Å². The van der Waals surface area contributed by atoms with E-state index in [9.17, 15) is 0 Å². The first-order chi connectivity index (χ1) is 9.90. The van der Waals surface area contributed by atoms with E-state index in [1.165, 1.54) is 32.1 Å². The molecule has 4 rings (SSSR count). The molecule has 4 nitrogen and oxygen atoms in total. The van der Waals surface area contributed by atoms with Gasteiger partial charge in [0, 0.05) is 11.6 Å². The number of aromatic amines is 1. The van der Waals surface area contributed by atoms with Crippen molar-refractivity contribution < 1.29 is 0 Å². The summed E-state index contributed by atoms with van der Waals surface area (Å²) in [7, 11) is 0. The number of rotatable bonds is 2. The third-order valence-corrected chi connectivity index (χ3v) is 4.73. The first-order valence-corrected chi connectivity index (χ1v) is 7.64. The van der Waals surface area contributed by atoms with Gasteiger partial charge in [0.1, 0.15) is 5.82 Å². The first-order valence-electron chi connectivity index (χ1n) is 7.64. The van der Waals surface area contributed by atoms with Gasteiger partial charge in [-0.1, -0.05) is 43.2 Å². The molecular weight excluding hydrogens is 248 g/mol. The van der Waals surface area contributed by atoms with Crippen molar-refractivity contribution in [2.75, 3.05) is 0 Å². The van der Waals surface area contributed by atoms with Crippen LogP contribution in [0.5, 0.6) is 0 Å². The van der Waals surface area contributed by atoms with E-state index >= 15 is 0 Å². The van der Waals surface area contributed by atoms with Crippen molar-refractivity contribution >= 4 is 0 Å². The molecule has 1 aliphatic carbocycles. The summed E-state index contributed by atoms with van der Waals surface area (Å²) in [6.45, 7) is 0. The lowest BCUT2D eigenvalue weighted by molar-refractivity contribution is 0.325. The zero-order chi connectivity index (χ0) is 13.4. The molecule has 0 radical (unpaired) electrons. The zero-order valence-electron chi connectivity index (χ0n) is 11.5. The van der Waals surface area contributed by atoms with Gasteiger partial charge in [-0.05, 0) is 25.2 Å². The maximum Gasteiger partial charge on any atom is 0.181 e. The second-order valence-corrected chi connectivity index (χ2v) is 6.02. The van der Waals surface area contributed by atoms with Crippen molar-refractivity contribution in [1.29, 1.82) is 0 Å². The summed E-state index contributed by atoms with van der Waals surface area (Å²) in [6, 6.07) is 11.2. The Morgan fingerprint density at radius 2 is 1.90 bits per heavy atom. The van der Waals surface area contributed by atoms with Crippen LogP contribution in [0.1, 0.15) is 44.0 Å². The molecular formula is C16H20N4. The number of nitrogens with one attached hydrogen (secondary N) is 2. The summed E-state index contributed by atoms with van der Waals surface area (Å²) < 4.78 is 0. The van der Waals surface area contributed by atoms with Crippen LogP contribution in [0.25, 0.3) is 11.4 Å². The van der Waals surface area contributed by atoms with Crippen molar-refractivity contribution in [2.24, 2.45) is 5.92 Å². The molecule has 2 fully saturated rings. The van der Waals surface area contributed by atoms with Crippen molar-refractivity contribution in [1.82, 2.24) is 20.5 Å². The molecule has 0 spiro atoms. The van der Waals surface area contributed by atoms with Crippen LogP contribution in [0, 0.1) is 5.92 Å². The lowest BCUT2D eigenvalue weighted by atomic mass is 9.85. The molecule has 1 aliphatic heterocycles. The van der Waals surface area contributed by atoms with E-state index in [4.69, 9.17) is 4.98 Å². The Kier molecular flexibility index (Phi) is 3.03. The van der Waals surface area contributed by atoms with Gasteiger partial charge >= 0.3 is 0 Å². The second kappa shape index (κ2) is 5.02. The largest absolute Gasteiger partial charge is 0.304 e. The molecule has 1 aromatic carbocycles. The van der Waals surface area contributed by atoms with Crippen LogP contribution >= 0.6 is 0 Å². The lowest BCUT2D eigenvalue weighted by Crippen LogP contribution is -2.30. The van der Waals surface area contributed by atoms with Gasteiger partial charge in [-0.3, -0.25) is 5.10 Å². The smallest absolute Gasteiger partial charge is 0.181 e. The molecule has 2 heterocycles. The Labute approximate surface area is 119 Å². The Balaban J connectivity index is 1.54. The minimum Gasteiger partial charge on any atom is -0.304 e. The average molecular weight is 268 g/mol. The van der Waals surface area contributed by atoms with E-state index in [2.05, 4.69) is 27.6 Å². The van der Waals surface area contributed by atoms with Crippen LogP contribution in [-0.2, 0) is 0 Å². The fourth-order valence-corrected chi connectivity index (χ4v) is 3.68. The lowest BCUT2D eigenvalue weighted by Gasteiger charge is -2.24. The molecule has 3 unspecified atom stereocenters. The Hall–Kier alpha value is -1.68. The highest BCUT2D eigenvalue weighted by atomic mass is 15.2. The Morgan fingerprint density at radius 1 is 1.05 bits per heavy atom. The Morgan fingerprint density at radius 3 is 2.75 bits per heavy atom. The van der Waals surface area contributed by atoms with Gasteiger partial charge in [0.25, 0.3) is 0 Å². The number of nitrogens with zero attached hydrogens (tertiary/aromatic N) is 2. The van der Waals surface area contributed by atoms with E-state index in [1.807, 2.05) is 18.2 Å². The summed E-state index contributed by atoms with van der Waals surface area (Å²) in [6.07, 6.45) is 6.65. The zero-order valence-corrected chi connectivity index (χ0v) is 11.5. The van der Waals surface area contributed by atoms with Gasteiger partial charge < -0.3 is 5.32 Å². The van der Waals surface area contributed by atoms with Gasteiger partial charge in [0.15, 0.2) is 5.82 Å². The van der Waals surface area contributed by atoms with Crippen LogP contribution in [0.2, 0.25) is 0 Å². The minimum atomic E-state index is 0.355. The quantitative estimate of drug-likeness (QED) is 0.880. The number of H-pyrrole nitrogens is 1. The molecule has 1 saturated heterocycles. The van der Waals surface area contributed by atoms with Gasteiger partial charge in [-0.2, -0.15) is 5.10 Å². The average Bonchev–Trinajstić information content (AvgIpc) is 3.14. The molecule has 2 aromatic rings. The highest BCUT2D eigenvalue weighted by Gasteiger charge is 2.36. The van der Waals surface area contributed by atoms with Gasteiger partial charge in [-0.15, -0.1) is 0 Å². The topological polar surface area (TPSA) is 53.6 Å². The third-order valence-electron chi connectivity index (χ3n) is 4.73. The molecule has 1 saturated carbocycles. The standard InChI is InChI=1S/C16H20N4/c1-2-6-11(7-3-1)15-18-16(20-19-15)14-10-12-8-4-5-9-13(12)17-14/h1-3,6-7,12-14,17H,4-5,8-10H2,(H,18,19,20). The van der Waals surface area contributed by atoms with Crippen LogP contribution in [0.4, 0.5) is 0 Å². The van der Waals surface area contributed by atoms with Crippen molar-refractivity contribution in [3.05, 3.63) is 36.2 Å². The number of hydrogen-bond acceptors (Lipinski definition) is 3. The molecule has 0 bridgehead atoms. The molecule has 0 amide bonds. The normalized spacial score (nSPS) is 29.3. The summed E-state index contributed by atoms with van der Waals surface area (Å²) in [5, 5.41) is 11.2. The summed E-state index contributed by atoms with van der Waals surface area (Å²) >= 11 is 0. The van der Waals surface area contributed by atoms with Crippen LogP contribution in [0.15, 0.2) is 30.3 Å². The predicted molar refractivity (Wildman–Crippen MR) is 78.1 cm³/mol. The van der Waals surface area contributed by atoms with E-state index in [-0.39, 0.29) is 0 Å². The monoisotopic (exact) mass is 268 g/mol.